The molecule has 0 aromatic heterocycles. The van der Waals surface area contributed by atoms with Crippen molar-refractivity contribution in [3.05, 3.63) is 0 Å². The second-order valence-corrected chi connectivity index (χ2v) is 6.12. The summed E-state index contributed by atoms with van der Waals surface area (Å²) < 4.78 is 10.3. The number of fused-ring (bicyclic) bond motifs is 1. The van der Waals surface area contributed by atoms with Crippen molar-refractivity contribution >= 4 is 18.0 Å². The first kappa shape index (κ1) is 13.2. The van der Waals surface area contributed by atoms with E-state index in [9.17, 15) is 14.4 Å². The molecule has 2 aliphatic rings. The van der Waals surface area contributed by atoms with Gasteiger partial charge in [-0.15, -0.1) is 0 Å². The molecule has 0 spiro atoms. The van der Waals surface area contributed by atoms with Crippen molar-refractivity contribution in [2.45, 2.75) is 20.8 Å². The molecule has 1 saturated heterocycles. The number of ketones is 1. The highest BCUT2D eigenvalue weighted by molar-refractivity contribution is 5.93. The summed E-state index contributed by atoms with van der Waals surface area (Å²) in [7, 11) is 0. The van der Waals surface area contributed by atoms with Gasteiger partial charge in [0.2, 0.25) is 0 Å². The molecule has 0 aromatic rings. The van der Waals surface area contributed by atoms with Crippen molar-refractivity contribution in [3.63, 3.8) is 0 Å². The number of rotatable bonds is 3. The molecule has 1 aliphatic carbocycles. The highest BCUT2D eigenvalue weighted by atomic mass is 16.5. The van der Waals surface area contributed by atoms with Crippen LogP contribution in [0.4, 0.5) is 0 Å². The molecule has 5 nitrogen and oxygen atoms in total. The molecule has 1 aliphatic heterocycles. The van der Waals surface area contributed by atoms with Crippen molar-refractivity contribution in [3.8, 4) is 0 Å². The molecule has 18 heavy (non-hydrogen) atoms. The fourth-order valence-electron chi connectivity index (χ4n) is 2.49. The maximum absolute atomic E-state index is 11.7. The summed E-state index contributed by atoms with van der Waals surface area (Å²) in [4.78, 5) is 34.6. The number of ether oxygens (including phenoxy) is 2. The highest BCUT2D eigenvalue weighted by Crippen LogP contribution is 2.59. The molecule has 0 N–H and O–H groups in total. The standard InChI is InChI=1S/C13H18O5/c1-12(2,3)11(16)18-7-13(6-14)8-4-17-5-9(15)10(8)13/h6,8,10H,4-5,7H2,1-3H3/t8-,10-,13+/m0/s1. The smallest absolute Gasteiger partial charge is 0.311 e. The minimum absolute atomic E-state index is 0.0168. The molecule has 0 radical (unpaired) electrons. The van der Waals surface area contributed by atoms with Crippen LogP contribution in [0.15, 0.2) is 0 Å². The maximum Gasteiger partial charge on any atom is 0.311 e. The third kappa shape index (κ3) is 1.96. The first-order chi connectivity index (χ1) is 8.33. The van der Waals surface area contributed by atoms with E-state index in [0.717, 1.165) is 6.29 Å². The second kappa shape index (κ2) is 4.16. The van der Waals surface area contributed by atoms with Crippen molar-refractivity contribution in [1.29, 1.82) is 0 Å². The molecule has 0 amide bonds. The first-order valence-electron chi connectivity index (χ1n) is 6.07. The zero-order valence-electron chi connectivity index (χ0n) is 10.9. The Kier molecular flexibility index (Phi) is 3.05. The summed E-state index contributed by atoms with van der Waals surface area (Å²) in [5.41, 5.74) is -1.45. The molecule has 0 aromatic carbocycles. The number of aldehydes is 1. The van der Waals surface area contributed by atoms with E-state index in [0.29, 0.717) is 6.61 Å². The number of carbonyl (C=O) groups is 3. The van der Waals surface area contributed by atoms with E-state index in [4.69, 9.17) is 9.47 Å². The van der Waals surface area contributed by atoms with Crippen LogP contribution in [0.25, 0.3) is 0 Å². The lowest BCUT2D eigenvalue weighted by molar-refractivity contribution is -0.155. The highest BCUT2D eigenvalue weighted by Gasteiger charge is 2.70. The summed E-state index contributed by atoms with van der Waals surface area (Å²) in [6.07, 6.45) is 0.755. The van der Waals surface area contributed by atoms with Gasteiger partial charge in [-0.1, -0.05) is 0 Å². The van der Waals surface area contributed by atoms with Gasteiger partial charge in [0, 0.05) is 11.8 Å². The van der Waals surface area contributed by atoms with E-state index < -0.39 is 10.8 Å². The van der Waals surface area contributed by atoms with E-state index in [1.165, 1.54) is 0 Å². The minimum atomic E-state index is -0.839. The van der Waals surface area contributed by atoms with Gasteiger partial charge in [0.15, 0.2) is 5.78 Å². The molecule has 0 bridgehead atoms. The van der Waals surface area contributed by atoms with E-state index in [-0.39, 0.29) is 36.8 Å². The van der Waals surface area contributed by atoms with Crippen LogP contribution in [0.3, 0.4) is 0 Å². The van der Waals surface area contributed by atoms with Gasteiger partial charge in [-0.25, -0.2) is 0 Å². The van der Waals surface area contributed by atoms with E-state index in [1.54, 1.807) is 20.8 Å². The molecule has 0 unspecified atom stereocenters. The summed E-state index contributed by atoms with van der Waals surface area (Å²) >= 11 is 0. The monoisotopic (exact) mass is 254 g/mol. The summed E-state index contributed by atoms with van der Waals surface area (Å²) in [5, 5.41) is 0. The minimum Gasteiger partial charge on any atom is -0.464 e. The Balaban J connectivity index is 2.02. The Morgan fingerprint density at radius 3 is 2.72 bits per heavy atom. The lowest BCUT2D eigenvalue weighted by Gasteiger charge is -2.18. The number of Topliss-reactive ketones (excluding diaryl/α,β-unsaturated/α-hetero) is 1. The van der Waals surface area contributed by atoms with Crippen molar-refractivity contribution in [1.82, 2.24) is 0 Å². The van der Waals surface area contributed by atoms with Gasteiger partial charge in [-0.2, -0.15) is 0 Å². The van der Waals surface area contributed by atoms with Crippen LogP contribution in [0, 0.1) is 22.7 Å². The normalized spacial score (nSPS) is 34.7. The molecular weight excluding hydrogens is 236 g/mol. The Hall–Kier alpha value is -1.23. The second-order valence-electron chi connectivity index (χ2n) is 6.12. The molecule has 1 heterocycles. The van der Waals surface area contributed by atoms with Gasteiger partial charge in [0.05, 0.1) is 17.4 Å². The maximum atomic E-state index is 11.7. The molecular formula is C13H18O5. The quantitative estimate of drug-likeness (QED) is 0.545. The fourth-order valence-corrected chi connectivity index (χ4v) is 2.49. The average Bonchev–Trinajstić information content (AvgIpc) is 2.95. The van der Waals surface area contributed by atoms with E-state index in [2.05, 4.69) is 0 Å². The van der Waals surface area contributed by atoms with Crippen molar-refractivity contribution in [2.75, 3.05) is 19.8 Å². The Morgan fingerprint density at radius 1 is 1.56 bits per heavy atom. The largest absolute Gasteiger partial charge is 0.464 e. The third-order valence-electron chi connectivity index (χ3n) is 3.74. The van der Waals surface area contributed by atoms with Crippen LogP contribution in [0.2, 0.25) is 0 Å². The molecule has 2 rings (SSSR count). The number of hydrogen-bond donors (Lipinski definition) is 0. The van der Waals surface area contributed by atoms with Crippen LogP contribution >= 0.6 is 0 Å². The third-order valence-corrected chi connectivity index (χ3v) is 3.74. The molecule has 5 heteroatoms. The average molecular weight is 254 g/mol. The van der Waals surface area contributed by atoms with Crippen LogP contribution in [0.5, 0.6) is 0 Å². The molecule has 2 fully saturated rings. The van der Waals surface area contributed by atoms with E-state index in [1.807, 2.05) is 0 Å². The zero-order valence-corrected chi connectivity index (χ0v) is 10.9. The van der Waals surface area contributed by atoms with Crippen LogP contribution in [0.1, 0.15) is 20.8 Å². The molecule has 3 atom stereocenters. The van der Waals surface area contributed by atoms with Crippen LogP contribution in [-0.4, -0.2) is 37.9 Å². The summed E-state index contributed by atoms with van der Waals surface area (Å²) in [6, 6.07) is 0. The lowest BCUT2D eigenvalue weighted by Crippen LogP contribution is -2.28. The predicted octanol–water partition coefficient (Wildman–Crippen LogP) is 0.606. The van der Waals surface area contributed by atoms with Crippen molar-refractivity contribution in [2.24, 2.45) is 22.7 Å². The lowest BCUT2D eigenvalue weighted by atomic mass is 9.97. The topological polar surface area (TPSA) is 69.7 Å². The van der Waals surface area contributed by atoms with Gasteiger partial charge in [0.1, 0.15) is 19.5 Å². The Morgan fingerprint density at radius 2 is 2.22 bits per heavy atom. The van der Waals surface area contributed by atoms with Crippen molar-refractivity contribution < 1.29 is 23.9 Å². The fraction of sp³-hybridized carbons (Fsp3) is 0.769. The zero-order chi connectivity index (χ0) is 13.6. The molecule has 100 valence electrons. The summed E-state index contributed by atoms with van der Waals surface area (Å²) in [5.74, 6) is -0.869. The number of hydrogen-bond acceptors (Lipinski definition) is 5. The van der Waals surface area contributed by atoms with Gasteiger partial charge in [-0.05, 0) is 20.8 Å². The number of carbonyl (C=O) groups excluding carboxylic acids is 3. The van der Waals surface area contributed by atoms with Gasteiger partial charge >= 0.3 is 5.97 Å². The predicted molar refractivity (Wildman–Crippen MR) is 61.7 cm³/mol. The van der Waals surface area contributed by atoms with Crippen LogP contribution in [-0.2, 0) is 23.9 Å². The van der Waals surface area contributed by atoms with Gasteiger partial charge < -0.3 is 14.3 Å². The van der Waals surface area contributed by atoms with Crippen LogP contribution < -0.4 is 0 Å². The molecule has 1 saturated carbocycles. The summed E-state index contributed by atoms with van der Waals surface area (Å²) in [6.45, 7) is 5.68. The van der Waals surface area contributed by atoms with Gasteiger partial charge in [-0.3, -0.25) is 9.59 Å². The Labute approximate surface area is 106 Å². The SMILES string of the molecule is CC(C)(C)C(=O)OC[C@@]1(C=O)[C@@H]2C(=O)COC[C@@H]21. The Bertz CT molecular complexity index is 395. The first-order valence-corrected chi connectivity index (χ1v) is 6.07. The van der Waals surface area contributed by atoms with E-state index >= 15 is 0 Å². The van der Waals surface area contributed by atoms with Gasteiger partial charge in [0.25, 0.3) is 0 Å². The number of esters is 1.